The van der Waals surface area contributed by atoms with Crippen LogP contribution in [0.25, 0.3) is 21.5 Å². The Kier molecular flexibility index (Phi) is 2.28. The SMILES string of the molecule is Oc1ccc2c(ccc3c4c(ccc32)CCCC4)c1. The van der Waals surface area contributed by atoms with Gasteiger partial charge in [-0.2, -0.15) is 0 Å². The van der Waals surface area contributed by atoms with Crippen molar-refractivity contribution in [1.82, 2.24) is 0 Å². The van der Waals surface area contributed by atoms with E-state index < -0.39 is 0 Å². The van der Waals surface area contributed by atoms with Gasteiger partial charge < -0.3 is 5.11 Å². The predicted octanol–water partition coefficient (Wildman–Crippen LogP) is 4.58. The van der Waals surface area contributed by atoms with Gasteiger partial charge in [-0.15, -0.1) is 0 Å². The van der Waals surface area contributed by atoms with Crippen LogP contribution in [0.4, 0.5) is 0 Å². The molecule has 0 aromatic heterocycles. The molecule has 0 fully saturated rings. The molecule has 0 spiro atoms. The topological polar surface area (TPSA) is 20.2 Å². The van der Waals surface area contributed by atoms with Crippen LogP contribution in [-0.4, -0.2) is 5.11 Å². The summed E-state index contributed by atoms with van der Waals surface area (Å²) in [6.45, 7) is 0. The Hall–Kier alpha value is -2.02. The van der Waals surface area contributed by atoms with E-state index in [1.165, 1.54) is 47.4 Å². The third-order valence-electron chi connectivity index (χ3n) is 4.33. The lowest BCUT2D eigenvalue weighted by molar-refractivity contribution is 0.476. The van der Waals surface area contributed by atoms with Gasteiger partial charge in [0.15, 0.2) is 0 Å². The third-order valence-corrected chi connectivity index (χ3v) is 4.33. The zero-order chi connectivity index (χ0) is 12.8. The van der Waals surface area contributed by atoms with Gasteiger partial charge in [-0.25, -0.2) is 0 Å². The second-order valence-electron chi connectivity index (χ2n) is 5.48. The Morgan fingerprint density at radius 1 is 0.737 bits per heavy atom. The van der Waals surface area contributed by atoms with Crippen molar-refractivity contribution in [3.8, 4) is 5.75 Å². The van der Waals surface area contributed by atoms with Crippen molar-refractivity contribution in [1.29, 1.82) is 0 Å². The quantitative estimate of drug-likeness (QED) is 0.577. The van der Waals surface area contributed by atoms with Crippen molar-refractivity contribution >= 4 is 21.5 Å². The summed E-state index contributed by atoms with van der Waals surface area (Å²) in [6.07, 6.45) is 5.05. The van der Waals surface area contributed by atoms with Crippen LogP contribution >= 0.6 is 0 Å². The monoisotopic (exact) mass is 248 g/mol. The molecule has 0 unspecified atom stereocenters. The number of phenolic OH excluding ortho intramolecular Hbond substituents is 1. The molecular formula is C18H16O. The molecule has 0 saturated heterocycles. The summed E-state index contributed by atoms with van der Waals surface area (Å²) in [4.78, 5) is 0. The van der Waals surface area contributed by atoms with Gasteiger partial charge in [-0.3, -0.25) is 0 Å². The van der Waals surface area contributed by atoms with Crippen molar-refractivity contribution in [3.05, 3.63) is 53.6 Å². The van der Waals surface area contributed by atoms with E-state index in [1.54, 1.807) is 11.6 Å². The molecule has 1 aliphatic rings. The van der Waals surface area contributed by atoms with Gasteiger partial charge in [0.2, 0.25) is 0 Å². The van der Waals surface area contributed by atoms with Crippen LogP contribution in [0.3, 0.4) is 0 Å². The maximum absolute atomic E-state index is 9.59. The highest BCUT2D eigenvalue weighted by Crippen LogP contribution is 2.34. The summed E-state index contributed by atoms with van der Waals surface area (Å²) >= 11 is 0. The van der Waals surface area contributed by atoms with Crippen molar-refractivity contribution in [3.63, 3.8) is 0 Å². The molecule has 0 atom stereocenters. The van der Waals surface area contributed by atoms with Gasteiger partial charge in [-0.1, -0.05) is 30.3 Å². The lowest BCUT2D eigenvalue weighted by atomic mass is 9.86. The number of hydrogen-bond acceptors (Lipinski definition) is 1. The molecule has 3 aromatic carbocycles. The normalized spacial score (nSPS) is 14.7. The van der Waals surface area contributed by atoms with E-state index in [2.05, 4.69) is 24.3 Å². The van der Waals surface area contributed by atoms with Crippen LogP contribution in [0.5, 0.6) is 5.75 Å². The van der Waals surface area contributed by atoms with E-state index in [1.807, 2.05) is 12.1 Å². The first kappa shape index (κ1) is 10.9. The number of rotatable bonds is 0. The molecule has 1 heteroatoms. The summed E-state index contributed by atoms with van der Waals surface area (Å²) in [6, 6.07) is 14.5. The average Bonchev–Trinajstić information content (AvgIpc) is 2.46. The van der Waals surface area contributed by atoms with Gasteiger partial charge in [0.1, 0.15) is 5.75 Å². The first-order valence-electron chi connectivity index (χ1n) is 6.99. The predicted molar refractivity (Wildman–Crippen MR) is 79.8 cm³/mol. The highest BCUT2D eigenvalue weighted by molar-refractivity contribution is 6.09. The smallest absolute Gasteiger partial charge is 0.116 e. The summed E-state index contributed by atoms with van der Waals surface area (Å²) in [5.74, 6) is 0.338. The second-order valence-corrected chi connectivity index (χ2v) is 5.48. The molecular weight excluding hydrogens is 232 g/mol. The molecule has 0 heterocycles. The molecule has 1 N–H and O–H groups in total. The third kappa shape index (κ3) is 1.61. The van der Waals surface area contributed by atoms with Crippen LogP contribution in [0.15, 0.2) is 42.5 Å². The number of aryl methyl sites for hydroxylation is 2. The van der Waals surface area contributed by atoms with Crippen LogP contribution in [0, 0.1) is 0 Å². The molecule has 0 amide bonds. The van der Waals surface area contributed by atoms with Crippen molar-refractivity contribution in [2.45, 2.75) is 25.7 Å². The Bertz CT molecular complexity index is 786. The molecule has 0 saturated carbocycles. The lowest BCUT2D eigenvalue weighted by Gasteiger charge is -2.18. The molecule has 4 rings (SSSR count). The zero-order valence-electron chi connectivity index (χ0n) is 10.8. The highest BCUT2D eigenvalue weighted by atomic mass is 16.3. The number of benzene rings is 3. The van der Waals surface area contributed by atoms with Crippen molar-refractivity contribution in [2.75, 3.05) is 0 Å². The number of aromatic hydroxyl groups is 1. The fourth-order valence-corrected chi connectivity index (χ4v) is 3.39. The molecule has 3 aromatic rings. The molecule has 0 bridgehead atoms. The minimum Gasteiger partial charge on any atom is -0.508 e. The summed E-state index contributed by atoms with van der Waals surface area (Å²) < 4.78 is 0. The van der Waals surface area contributed by atoms with E-state index in [-0.39, 0.29) is 0 Å². The van der Waals surface area contributed by atoms with Crippen molar-refractivity contribution < 1.29 is 5.11 Å². The first-order valence-corrected chi connectivity index (χ1v) is 6.99. The second kappa shape index (κ2) is 3.99. The zero-order valence-corrected chi connectivity index (χ0v) is 10.8. The van der Waals surface area contributed by atoms with E-state index in [4.69, 9.17) is 0 Å². The fraction of sp³-hybridized carbons (Fsp3) is 0.222. The summed E-state index contributed by atoms with van der Waals surface area (Å²) in [5, 5.41) is 14.7. The van der Waals surface area contributed by atoms with Crippen LogP contribution in [-0.2, 0) is 12.8 Å². The maximum atomic E-state index is 9.59. The Labute approximate surface area is 112 Å². The highest BCUT2D eigenvalue weighted by Gasteiger charge is 2.13. The van der Waals surface area contributed by atoms with Crippen molar-refractivity contribution in [2.24, 2.45) is 0 Å². The standard InChI is InChI=1S/C18H16O/c19-14-7-10-16-13(11-14)6-9-17-15-4-2-1-3-12(15)5-8-18(16)17/h5-11,19H,1-4H2. The van der Waals surface area contributed by atoms with Gasteiger partial charge >= 0.3 is 0 Å². The molecule has 1 aliphatic carbocycles. The Morgan fingerprint density at radius 2 is 1.53 bits per heavy atom. The Balaban J connectivity index is 2.12. The maximum Gasteiger partial charge on any atom is 0.116 e. The van der Waals surface area contributed by atoms with Crippen LogP contribution < -0.4 is 0 Å². The largest absolute Gasteiger partial charge is 0.508 e. The minimum atomic E-state index is 0.338. The van der Waals surface area contributed by atoms with E-state index in [0.29, 0.717) is 5.75 Å². The molecule has 94 valence electrons. The van der Waals surface area contributed by atoms with E-state index >= 15 is 0 Å². The van der Waals surface area contributed by atoms with E-state index in [9.17, 15) is 5.11 Å². The molecule has 0 radical (unpaired) electrons. The van der Waals surface area contributed by atoms with Crippen LogP contribution in [0.2, 0.25) is 0 Å². The van der Waals surface area contributed by atoms with Gasteiger partial charge in [0, 0.05) is 0 Å². The van der Waals surface area contributed by atoms with E-state index in [0.717, 1.165) is 5.39 Å². The van der Waals surface area contributed by atoms with Gasteiger partial charge in [-0.05, 0) is 70.5 Å². The average molecular weight is 248 g/mol. The number of phenols is 1. The summed E-state index contributed by atoms with van der Waals surface area (Å²) in [5.41, 5.74) is 3.07. The first-order chi connectivity index (χ1) is 9.33. The summed E-state index contributed by atoms with van der Waals surface area (Å²) in [7, 11) is 0. The lowest BCUT2D eigenvalue weighted by Crippen LogP contribution is -2.03. The molecule has 0 aliphatic heterocycles. The van der Waals surface area contributed by atoms with Gasteiger partial charge in [0.05, 0.1) is 0 Å². The number of hydrogen-bond donors (Lipinski definition) is 1. The van der Waals surface area contributed by atoms with Gasteiger partial charge in [0.25, 0.3) is 0 Å². The van der Waals surface area contributed by atoms with Crippen LogP contribution in [0.1, 0.15) is 24.0 Å². The number of fused-ring (bicyclic) bond motifs is 5. The fourth-order valence-electron chi connectivity index (χ4n) is 3.39. The molecule has 19 heavy (non-hydrogen) atoms. The Morgan fingerprint density at radius 3 is 2.47 bits per heavy atom. The minimum absolute atomic E-state index is 0.338. The molecule has 1 nitrogen and oxygen atoms in total.